The Morgan fingerprint density at radius 2 is 1.92 bits per heavy atom. The van der Waals surface area contributed by atoms with Crippen LogP contribution in [0.2, 0.25) is 0 Å². The van der Waals surface area contributed by atoms with Crippen LogP contribution in [0.4, 0.5) is 0 Å². The molecule has 2 N–H and O–H groups in total. The van der Waals surface area contributed by atoms with E-state index < -0.39 is 0 Å². The van der Waals surface area contributed by atoms with Crippen LogP contribution in [0.3, 0.4) is 0 Å². The second-order valence-electron chi connectivity index (χ2n) is 7.35. The average Bonchev–Trinajstić information content (AvgIpc) is 3.04. The zero-order valence-corrected chi connectivity index (χ0v) is 18.9. The normalized spacial score (nSPS) is 12.0. The Hall–Kier alpha value is -1.57. The number of aliphatic imine (C=N–C) groups is 1. The molecule has 0 saturated carbocycles. The first kappa shape index (κ1) is 22.5. The molecule has 5 nitrogen and oxygen atoms in total. The lowest BCUT2D eigenvalue weighted by Crippen LogP contribution is -2.43. The summed E-state index contributed by atoms with van der Waals surface area (Å²) in [6.45, 7) is 12.2. The van der Waals surface area contributed by atoms with Crippen molar-refractivity contribution in [3.63, 3.8) is 0 Å². The number of guanidine groups is 1. The Kier molecular flexibility index (Phi) is 8.59. The summed E-state index contributed by atoms with van der Waals surface area (Å²) in [6, 6.07) is 10.5. The summed E-state index contributed by atoms with van der Waals surface area (Å²) in [6.07, 6.45) is 0. The van der Waals surface area contributed by atoms with Crippen molar-refractivity contribution in [1.29, 1.82) is 0 Å². The van der Waals surface area contributed by atoms with E-state index in [-0.39, 0.29) is 29.4 Å². The van der Waals surface area contributed by atoms with Gasteiger partial charge in [0.05, 0.1) is 12.2 Å². The lowest BCUT2D eigenvalue weighted by atomic mass is 9.82. The smallest absolute Gasteiger partial charge is 0.191 e. The zero-order chi connectivity index (χ0) is 18.4. The highest BCUT2D eigenvalue weighted by atomic mass is 127. The number of nitrogens with zero attached hydrogens (tertiary/aromatic N) is 2. The molecule has 0 aliphatic heterocycles. The minimum Gasteiger partial charge on any atom is -0.359 e. The predicted molar refractivity (Wildman–Crippen MR) is 118 cm³/mol. The Morgan fingerprint density at radius 3 is 2.50 bits per heavy atom. The first-order chi connectivity index (χ1) is 11.8. The monoisotopic (exact) mass is 470 g/mol. The molecule has 2 aromatic rings. The van der Waals surface area contributed by atoms with Crippen molar-refractivity contribution in [2.75, 3.05) is 13.6 Å². The van der Waals surface area contributed by atoms with Gasteiger partial charge >= 0.3 is 0 Å². The lowest BCUT2D eigenvalue weighted by molar-refractivity contribution is 0.371. The minimum absolute atomic E-state index is 0. The number of hydrogen-bond donors (Lipinski definition) is 2. The number of nitrogens with one attached hydrogen (secondary N) is 2. The van der Waals surface area contributed by atoms with Crippen LogP contribution >= 0.6 is 24.0 Å². The molecule has 0 unspecified atom stereocenters. The first-order valence-electron chi connectivity index (χ1n) is 8.79. The number of aromatic nitrogens is 1. The minimum atomic E-state index is 0. The van der Waals surface area contributed by atoms with Crippen molar-refractivity contribution in [2.24, 2.45) is 4.99 Å². The highest BCUT2D eigenvalue weighted by Crippen LogP contribution is 2.25. The van der Waals surface area contributed by atoms with Crippen LogP contribution in [0, 0.1) is 6.92 Å². The fourth-order valence-electron chi connectivity index (χ4n) is 2.81. The second-order valence-corrected chi connectivity index (χ2v) is 7.35. The highest BCUT2D eigenvalue weighted by molar-refractivity contribution is 14.0. The van der Waals surface area contributed by atoms with E-state index in [0.717, 1.165) is 24.0 Å². The summed E-state index contributed by atoms with van der Waals surface area (Å²) in [5, 5.41) is 10.8. The zero-order valence-electron chi connectivity index (χ0n) is 16.6. The Balaban J connectivity index is 0.00000338. The van der Waals surface area contributed by atoms with Crippen LogP contribution in [0.25, 0.3) is 0 Å². The van der Waals surface area contributed by atoms with Crippen LogP contribution in [-0.2, 0) is 12.0 Å². The third-order valence-electron chi connectivity index (χ3n) is 4.39. The maximum atomic E-state index is 5.36. The van der Waals surface area contributed by atoms with Crippen molar-refractivity contribution < 1.29 is 4.52 Å². The maximum Gasteiger partial charge on any atom is 0.191 e. The van der Waals surface area contributed by atoms with Crippen LogP contribution < -0.4 is 10.6 Å². The van der Waals surface area contributed by atoms with Crippen molar-refractivity contribution in [3.05, 3.63) is 52.9 Å². The van der Waals surface area contributed by atoms with Gasteiger partial charge in [-0.1, -0.05) is 57.1 Å². The van der Waals surface area contributed by atoms with E-state index in [1.165, 1.54) is 11.1 Å². The maximum absolute atomic E-state index is 5.36. The summed E-state index contributed by atoms with van der Waals surface area (Å²) >= 11 is 0. The van der Waals surface area contributed by atoms with Crippen molar-refractivity contribution >= 4 is 29.9 Å². The van der Waals surface area contributed by atoms with Crippen LogP contribution in [0.1, 0.15) is 56.2 Å². The van der Waals surface area contributed by atoms with Gasteiger partial charge in [-0.15, -0.1) is 24.0 Å². The third-order valence-corrected chi connectivity index (χ3v) is 4.39. The molecule has 0 fully saturated rings. The number of benzene rings is 1. The molecule has 1 heterocycles. The number of rotatable bonds is 6. The molecule has 1 aromatic carbocycles. The van der Waals surface area contributed by atoms with Gasteiger partial charge in [0.2, 0.25) is 0 Å². The fourth-order valence-corrected chi connectivity index (χ4v) is 2.81. The molecule has 0 aliphatic rings. The predicted octanol–water partition coefficient (Wildman–Crippen LogP) is 4.37. The van der Waals surface area contributed by atoms with Crippen molar-refractivity contribution in [1.82, 2.24) is 15.8 Å². The van der Waals surface area contributed by atoms with Gasteiger partial charge in [0, 0.05) is 25.1 Å². The SMILES string of the molecule is CN=C(NCc1cc(C(C)C)no1)NCC(C)(C)c1ccccc1C.I. The van der Waals surface area contributed by atoms with E-state index in [1.807, 2.05) is 6.07 Å². The Labute approximate surface area is 174 Å². The molecule has 26 heavy (non-hydrogen) atoms. The van der Waals surface area contributed by atoms with Gasteiger partial charge in [-0.05, 0) is 24.0 Å². The van der Waals surface area contributed by atoms with E-state index in [4.69, 9.17) is 4.52 Å². The standard InChI is InChI=1S/C20H30N4O.HI/c1-14(2)18-11-16(25-24-18)12-22-19(21-6)23-13-20(4,5)17-10-8-7-9-15(17)3;/h7-11,14H,12-13H2,1-6H3,(H2,21,22,23);1H. The summed E-state index contributed by atoms with van der Waals surface area (Å²) < 4.78 is 5.36. The number of halogens is 1. The van der Waals surface area contributed by atoms with Gasteiger partial charge in [0.15, 0.2) is 11.7 Å². The molecule has 0 radical (unpaired) electrons. The molecular formula is C20H31IN4O. The van der Waals surface area contributed by atoms with E-state index in [0.29, 0.717) is 12.5 Å². The summed E-state index contributed by atoms with van der Waals surface area (Å²) in [7, 11) is 1.77. The second kappa shape index (κ2) is 9.94. The fraction of sp³-hybridized carbons (Fsp3) is 0.500. The molecule has 1 aromatic heterocycles. The molecule has 2 rings (SSSR count). The topological polar surface area (TPSA) is 62.5 Å². The van der Waals surface area contributed by atoms with Gasteiger partial charge < -0.3 is 15.2 Å². The Bertz CT molecular complexity index is 722. The van der Waals surface area contributed by atoms with Gasteiger partial charge in [0.25, 0.3) is 0 Å². The van der Waals surface area contributed by atoms with E-state index >= 15 is 0 Å². The summed E-state index contributed by atoms with van der Waals surface area (Å²) in [5.41, 5.74) is 3.62. The third kappa shape index (κ3) is 6.00. The van der Waals surface area contributed by atoms with Gasteiger partial charge in [-0.2, -0.15) is 0 Å². The summed E-state index contributed by atoms with van der Waals surface area (Å²) in [4.78, 5) is 4.30. The van der Waals surface area contributed by atoms with Gasteiger partial charge in [0.1, 0.15) is 0 Å². The molecule has 0 atom stereocenters. The van der Waals surface area contributed by atoms with Crippen molar-refractivity contribution in [2.45, 2.75) is 52.5 Å². The quantitative estimate of drug-likeness (QED) is 0.374. The van der Waals surface area contributed by atoms with Crippen LogP contribution in [0.15, 0.2) is 39.8 Å². The molecule has 144 valence electrons. The van der Waals surface area contributed by atoms with E-state index in [9.17, 15) is 0 Å². The molecular weight excluding hydrogens is 439 g/mol. The average molecular weight is 470 g/mol. The van der Waals surface area contributed by atoms with Gasteiger partial charge in [-0.25, -0.2) is 0 Å². The number of aryl methyl sites for hydroxylation is 1. The lowest BCUT2D eigenvalue weighted by Gasteiger charge is -2.28. The Morgan fingerprint density at radius 1 is 1.23 bits per heavy atom. The molecule has 6 heteroatoms. The summed E-state index contributed by atoms with van der Waals surface area (Å²) in [5.74, 6) is 1.93. The van der Waals surface area contributed by atoms with Crippen LogP contribution in [-0.4, -0.2) is 24.7 Å². The molecule has 0 spiro atoms. The van der Waals surface area contributed by atoms with Crippen LogP contribution in [0.5, 0.6) is 0 Å². The largest absolute Gasteiger partial charge is 0.359 e. The molecule has 0 amide bonds. The number of hydrogen-bond acceptors (Lipinski definition) is 3. The molecule has 0 saturated heterocycles. The highest BCUT2D eigenvalue weighted by Gasteiger charge is 2.22. The molecule has 0 bridgehead atoms. The van der Waals surface area contributed by atoms with E-state index in [2.05, 4.69) is 79.7 Å². The van der Waals surface area contributed by atoms with Crippen molar-refractivity contribution in [3.8, 4) is 0 Å². The molecule has 0 aliphatic carbocycles. The van der Waals surface area contributed by atoms with Gasteiger partial charge in [-0.3, -0.25) is 4.99 Å². The first-order valence-corrected chi connectivity index (χ1v) is 8.79. The van der Waals surface area contributed by atoms with E-state index in [1.54, 1.807) is 7.05 Å².